The van der Waals surface area contributed by atoms with Gasteiger partial charge in [0.15, 0.2) is 0 Å². The van der Waals surface area contributed by atoms with Crippen LogP contribution in [0.4, 0.5) is 13.2 Å². The fourth-order valence-corrected chi connectivity index (χ4v) is 4.10. The predicted octanol–water partition coefficient (Wildman–Crippen LogP) is 2.98. The molecule has 2 aliphatic rings. The number of amides is 1. The number of hydrogen-bond donors (Lipinski definition) is 0. The van der Waals surface area contributed by atoms with Gasteiger partial charge in [-0.3, -0.25) is 4.79 Å². The van der Waals surface area contributed by atoms with Crippen LogP contribution in [0.3, 0.4) is 0 Å². The van der Waals surface area contributed by atoms with Crippen LogP contribution < -0.4 is 0 Å². The Kier molecular flexibility index (Phi) is 2.53. The predicted molar refractivity (Wildman–Crippen MR) is 57.3 cm³/mol. The van der Waals surface area contributed by atoms with E-state index < -0.39 is 17.6 Å². The van der Waals surface area contributed by atoms with Crippen molar-refractivity contribution in [1.29, 1.82) is 0 Å². The molecule has 1 saturated carbocycles. The van der Waals surface area contributed by atoms with Gasteiger partial charge in [0.25, 0.3) is 0 Å². The van der Waals surface area contributed by atoms with E-state index in [-0.39, 0.29) is 12.0 Å². The van der Waals surface area contributed by atoms with Crippen molar-refractivity contribution < 1.29 is 18.0 Å². The zero-order valence-electron chi connectivity index (χ0n) is 10.4. The molecule has 2 bridgehead atoms. The first kappa shape index (κ1) is 12.7. The summed E-state index contributed by atoms with van der Waals surface area (Å²) in [7, 11) is 0. The molecule has 0 radical (unpaired) electrons. The lowest BCUT2D eigenvalue weighted by Gasteiger charge is -2.40. The minimum absolute atomic E-state index is 0.146. The van der Waals surface area contributed by atoms with E-state index in [0.717, 1.165) is 11.3 Å². The van der Waals surface area contributed by atoms with E-state index >= 15 is 0 Å². The highest BCUT2D eigenvalue weighted by Gasteiger charge is 2.58. The standard InChI is InChI=1S/C12H18F3NO/c1-8-4-10(2)6-11(3,5-8)16(7-10)9(17)12(13,14)15/h8H,4-7H2,1-3H3. The molecule has 0 spiro atoms. The Hall–Kier alpha value is -0.740. The molecule has 0 aromatic carbocycles. The van der Waals surface area contributed by atoms with Crippen molar-refractivity contribution in [2.75, 3.05) is 6.54 Å². The molecule has 0 aromatic heterocycles. The van der Waals surface area contributed by atoms with E-state index in [1.807, 2.05) is 6.92 Å². The van der Waals surface area contributed by atoms with Crippen molar-refractivity contribution in [2.45, 2.75) is 51.7 Å². The van der Waals surface area contributed by atoms with Crippen LogP contribution >= 0.6 is 0 Å². The van der Waals surface area contributed by atoms with Gasteiger partial charge < -0.3 is 4.90 Å². The minimum Gasteiger partial charge on any atom is -0.329 e. The van der Waals surface area contributed by atoms with Crippen molar-refractivity contribution in [3.63, 3.8) is 0 Å². The zero-order chi connectivity index (χ0) is 13.1. The summed E-state index contributed by atoms with van der Waals surface area (Å²) < 4.78 is 37.7. The number of rotatable bonds is 0. The Balaban J connectivity index is 2.30. The molecule has 3 unspecified atom stereocenters. The van der Waals surface area contributed by atoms with Gasteiger partial charge in [-0.2, -0.15) is 13.2 Å². The van der Waals surface area contributed by atoms with Crippen LogP contribution in [0.2, 0.25) is 0 Å². The number of hydrogen-bond acceptors (Lipinski definition) is 1. The average molecular weight is 249 g/mol. The maximum atomic E-state index is 12.6. The zero-order valence-corrected chi connectivity index (χ0v) is 10.4. The van der Waals surface area contributed by atoms with Crippen molar-refractivity contribution in [3.05, 3.63) is 0 Å². The number of alkyl halides is 3. The second-order valence-corrected chi connectivity index (χ2v) is 6.39. The van der Waals surface area contributed by atoms with Crippen molar-refractivity contribution in [3.8, 4) is 0 Å². The number of carbonyl (C=O) groups excluding carboxylic acids is 1. The highest BCUT2D eigenvalue weighted by Crippen LogP contribution is 2.53. The first-order valence-corrected chi connectivity index (χ1v) is 5.95. The van der Waals surface area contributed by atoms with Crippen molar-refractivity contribution >= 4 is 5.91 Å². The summed E-state index contributed by atoms with van der Waals surface area (Å²) in [4.78, 5) is 12.5. The molecule has 17 heavy (non-hydrogen) atoms. The molecule has 1 heterocycles. The smallest absolute Gasteiger partial charge is 0.329 e. The summed E-state index contributed by atoms with van der Waals surface area (Å²) in [5, 5.41) is 0. The second-order valence-electron chi connectivity index (χ2n) is 6.39. The van der Waals surface area contributed by atoms with E-state index in [9.17, 15) is 18.0 Å². The molecular formula is C12H18F3NO. The van der Waals surface area contributed by atoms with Crippen LogP contribution in [-0.4, -0.2) is 29.1 Å². The monoisotopic (exact) mass is 249 g/mol. The van der Waals surface area contributed by atoms with Crippen LogP contribution in [0.1, 0.15) is 40.0 Å². The molecule has 2 fully saturated rings. The lowest BCUT2D eigenvalue weighted by Crippen LogP contribution is -2.50. The van der Waals surface area contributed by atoms with E-state index in [4.69, 9.17) is 0 Å². The number of likely N-dealkylation sites (tertiary alicyclic amines) is 1. The van der Waals surface area contributed by atoms with Gasteiger partial charge in [0.2, 0.25) is 0 Å². The van der Waals surface area contributed by atoms with Gasteiger partial charge in [-0.25, -0.2) is 0 Å². The summed E-state index contributed by atoms with van der Waals surface area (Å²) in [5.74, 6) is -1.29. The van der Waals surface area contributed by atoms with Gasteiger partial charge >= 0.3 is 12.1 Å². The van der Waals surface area contributed by atoms with Gasteiger partial charge in [-0.05, 0) is 37.5 Å². The number of halogens is 3. The van der Waals surface area contributed by atoms with Gasteiger partial charge in [-0.1, -0.05) is 13.8 Å². The van der Waals surface area contributed by atoms with Gasteiger partial charge in [0.05, 0.1) is 0 Å². The lowest BCUT2D eigenvalue weighted by atomic mass is 9.68. The Morgan fingerprint density at radius 2 is 1.88 bits per heavy atom. The third-order valence-corrected chi connectivity index (χ3v) is 4.12. The fourth-order valence-electron chi connectivity index (χ4n) is 4.10. The van der Waals surface area contributed by atoms with Crippen LogP contribution in [0, 0.1) is 11.3 Å². The summed E-state index contributed by atoms with van der Waals surface area (Å²) in [6.45, 7) is 6.07. The summed E-state index contributed by atoms with van der Waals surface area (Å²) >= 11 is 0. The number of carbonyl (C=O) groups is 1. The molecule has 2 rings (SSSR count). The largest absolute Gasteiger partial charge is 0.471 e. The third-order valence-electron chi connectivity index (χ3n) is 4.12. The Morgan fingerprint density at radius 3 is 2.41 bits per heavy atom. The van der Waals surface area contributed by atoms with Crippen LogP contribution in [0.15, 0.2) is 0 Å². The Labute approximate surface area is 99.2 Å². The third kappa shape index (κ3) is 2.04. The summed E-state index contributed by atoms with van der Waals surface area (Å²) in [6, 6.07) is 0. The van der Waals surface area contributed by atoms with Crippen molar-refractivity contribution in [1.82, 2.24) is 4.90 Å². The molecule has 98 valence electrons. The number of nitrogens with zero attached hydrogens (tertiary/aromatic N) is 1. The van der Waals surface area contributed by atoms with Gasteiger partial charge in [0, 0.05) is 12.1 Å². The van der Waals surface area contributed by atoms with E-state index in [0.29, 0.717) is 18.8 Å². The normalized spacial score (nSPS) is 41.8. The summed E-state index contributed by atoms with van der Waals surface area (Å²) in [6.07, 6.45) is -2.49. The molecule has 1 aliphatic carbocycles. The molecule has 1 saturated heterocycles. The fraction of sp³-hybridized carbons (Fsp3) is 0.917. The number of fused-ring (bicyclic) bond motifs is 2. The van der Waals surface area contributed by atoms with Crippen LogP contribution in [0.5, 0.6) is 0 Å². The maximum absolute atomic E-state index is 12.6. The Morgan fingerprint density at radius 1 is 1.29 bits per heavy atom. The topological polar surface area (TPSA) is 20.3 Å². The minimum atomic E-state index is -4.75. The van der Waals surface area contributed by atoms with E-state index in [1.165, 1.54) is 0 Å². The quantitative estimate of drug-likeness (QED) is 0.646. The Bertz CT molecular complexity index is 354. The molecule has 2 nitrogen and oxygen atoms in total. The van der Waals surface area contributed by atoms with Gasteiger partial charge in [-0.15, -0.1) is 0 Å². The maximum Gasteiger partial charge on any atom is 0.471 e. The van der Waals surface area contributed by atoms with Crippen molar-refractivity contribution in [2.24, 2.45) is 11.3 Å². The first-order chi connectivity index (χ1) is 7.56. The van der Waals surface area contributed by atoms with Gasteiger partial charge in [0.1, 0.15) is 0 Å². The molecule has 1 amide bonds. The van der Waals surface area contributed by atoms with Crippen LogP contribution in [-0.2, 0) is 4.79 Å². The lowest BCUT2D eigenvalue weighted by molar-refractivity contribution is -0.189. The molecular weight excluding hydrogens is 231 g/mol. The molecule has 1 aliphatic heterocycles. The van der Waals surface area contributed by atoms with E-state index in [1.54, 1.807) is 6.92 Å². The average Bonchev–Trinajstić information content (AvgIpc) is 2.27. The molecule has 0 aromatic rings. The molecule has 0 N–H and O–H groups in total. The molecule has 3 atom stereocenters. The molecule has 5 heteroatoms. The highest BCUT2D eigenvalue weighted by molar-refractivity contribution is 5.83. The van der Waals surface area contributed by atoms with Crippen LogP contribution in [0.25, 0.3) is 0 Å². The van der Waals surface area contributed by atoms with E-state index in [2.05, 4.69) is 6.92 Å². The second kappa shape index (κ2) is 3.39. The summed E-state index contributed by atoms with van der Waals surface area (Å²) in [5.41, 5.74) is -0.758. The first-order valence-electron chi connectivity index (χ1n) is 5.95. The SMILES string of the molecule is CC1CC2(C)CN(C(=O)C(F)(F)F)C(C)(C1)C2. The highest BCUT2D eigenvalue weighted by atomic mass is 19.4.